The molecule has 3 nitrogen and oxygen atoms in total. The Morgan fingerprint density at radius 1 is 1.11 bits per heavy atom. The van der Waals surface area contributed by atoms with Crippen molar-refractivity contribution in [2.45, 2.75) is 25.7 Å². The number of hydrogen-bond donors (Lipinski definition) is 0. The number of carbonyl (C=O) groups excluding carboxylic acids is 2. The van der Waals surface area contributed by atoms with E-state index in [1.165, 1.54) is 23.1 Å². The third kappa shape index (κ3) is 2.00. The van der Waals surface area contributed by atoms with Crippen molar-refractivity contribution in [3.8, 4) is 0 Å². The van der Waals surface area contributed by atoms with Crippen LogP contribution in [-0.2, 0) is 9.59 Å². The summed E-state index contributed by atoms with van der Waals surface area (Å²) >= 11 is 3.23. The van der Waals surface area contributed by atoms with Crippen LogP contribution in [0.25, 0.3) is 0 Å². The first-order chi connectivity index (χ1) is 9.09. The summed E-state index contributed by atoms with van der Waals surface area (Å²) in [7, 11) is 0. The van der Waals surface area contributed by atoms with Gasteiger partial charge in [-0.25, -0.2) is 9.29 Å². The van der Waals surface area contributed by atoms with E-state index in [9.17, 15) is 14.0 Å². The molecular formula is C14H13BrFNO2. The second kappa shape index (κ2) is 4.71. The van der Waals surface area contributed by atoms with Gasteiger partial charge >= 0.3 is 0 Å². The monoisotopic (exact) mass is 325 g/mol. The van der Waals surface area contributed by atoms with E-state index in [1.807, 2.05) is 0 Å². The van der Waals surface area contributed by atoms with Crippen LogP contribution in [0.4, 0.5) is 10.1 Å². The quantitative estimate of drug-likeness (QED) is 0.743. The number of fused-ring (bicyclic) bond motifs is 1. The van der Waals surface area contributed by atoms with Gasteiger partial charge < -0.3 is 0 Å². The summed E-state index contributed by atoms with van der Waals surface area (Å²) in [6.45, 7) is 0. The fourth-order valence-electron chi connectivity index (χ4n) is 3.06. The smallest absolute Gasteiger partial charge is 0.237 e. The Morgan fingerprint density at radius 3 is 2.21 bits per heavy atom. The summed E-state index contributed by atoms with van der Waals surface area (Å²) in [4.78, 5) is 26.0. The molecule has 0 bridgehead atoms. The first kappa shape index (κ1) is 12.8. The van der Waals surface area contributed by atoms with E-state index in [1.54, 1.807) is 0 Å². The Hall–Kier alpha value is -1.23. The zero-order chi connectivity index (χ0) is 13.6. The highest BCUT2D eigenvalue weighted by molar-refractivity contribution is 9.10. The van der Waals surface area contributed by atoms with Gasteiger partial charge in [-0.15, -0.1) is 0 Å². The van der Waals surface area contributed by atoms with Gasteiger partial charge in [-0.05, 0) is 47.0 Å². The van der Waals surface area contributed by atoms with Crippen molar-refractivity contribution in [3.05, 3.63) is 28.5 Å². The molecular weight excluding hydrogens is 313 g/mol. The number of amides is 2. The van der Waals surface area contributed by atoms with Crippen molar-refractivity contribution in [3.63, 3.8) is 0 Å². The lowest BCUT2D eigenvalue weighted by Gasteiger charge is -2.19. The van der Waals surface area contributed by atoms with Crippen LogP contribution in [0.3, 0.4) is 0 Å². The van der Waals surface area contributed by atoms with Crippen LogP contribution in [0.2, 0.25) is 0 Å². The standard InChI is InChI=1S/C14H13BrFNO2/c15-11-7-8(16)5-6-12(11)17-13(18)9-3-1-2-4-10(9)14(17)19/h5-7,9-10H,1-4H2. The Labute approximate surface area is 118 Å². The molecule has 1 aromatic rings. The van der Waals surface area contributed by atoms with Crippen molar-refractivity contribution in [1.82, 2.24) is 0 Å². The minimum atomic E-state index is -0.396. The maximum absolute atomic E-state index is 13.1. The van der Waals surface area contributed by atoms with E-state index in [0.717, 1.165) is 25.7 Å². The van der Waals surface area contributed by atoms with Crippen molar-refractivity contribution >= 4 is 33.4 Å². The van der Waals surface area contributed by atoms with Crippen LogP contribution < -0.4 is 4.90 Å². The van der Waals surface area contributed by atoms with Gasteiger partial charge in [-0.2, -0.15) is 0 Å². The van der Waals surface area contributed by atoms with E-state index in [4.69, 9.17) is 0 Å². The van der Waals surface area contributed by atoms with Gasteiger partial charge in [0.2, 0.25) is 11.8 Å². The molecule has 1 saturated heterocycles. The van der Waals surface area contributed by atoms with Crippen LogP contribution >= 0.6 is 15.9 Å². The summed E-state index contributed by atoms with van der Waals surface area (Å²) in [5, 5.41) is 0. The molecule has 1 aliphatic heterocycles. The summed E-state index contributed by atoms with van der Waals surface area (Å²) in [5.74, 6) is -1.03. The molecule has 2 unspecified atom stereocenters. The summed E-state index contributed by atoms with van der Waals surface area (Å²) in [5.41, 5.74) is 0.450. The third-order valence-electron chi connectivity index (χ3n) is 3.99. The summed E-state index contributed by atoms with van der Waals surface area (Å²) in [6, 6.07) is 4.02. The molecule has 0 radical (unpaired) electrons. The number of nitrogens with zero attached hydrogens (tertiary/aromatic N) is 1. The SMILES string of the molecule is O=C1C2CCCCC2C(=O)N1c1ccc(F)cc1Br. The van der Waals surface area contributed by atoms with E-state index >= 15 is 0 Å². The van der Waals surface area contributed by atoms with Crippen molar-refractivity contribution in [2.75, 3.05) is 4.90 Å². The average Bonchev–Trinajstić information content (AvgIpc) is 2.64. The fourth-order valence-corrected chi connectivity index (χ4v) is 3.59. The van der Waals surface area contributed by atoms with Crippen molar-refractivity contribution in [1.29, 1.82) is 0 Å². The minimum Gasteiger partial charge on any atom is -0.274 e. The molecule has 100 valence electrons. The number of hydrogen-bond acceptors (Lipinski definition) is 2. The number of halogens is 2. The molecule has 0 N–H and O–H groups in total. The maximum atomic E-state index is 13.1. The summed E-state index contributed by atoms with van der Waals surface area (Å²) < 4.78 is 13.5. The Bertz CT molecular complexity index is 536. The molecule has 1 heterocycles. The lowest BCUT2D eigenvalue weighted by molar-refractivity contribution is -0.122. The zero-order valence-electron chi connectivity index (χ0n) is 10.2. The molecule has 1 saturated carbocycles. The molecule has 2 atom stereocenters. The molecule has 0 aromatic heterocycles. The van der Waals surface area contributed by atoms with Gasteiger partial charge in [0.1, 0.15) is 5.82 Å². The van der Waals surface area contributed by atoms with Crippen LogP contribution in [0.5, 0.6) is 0 Å². The van der Waals surface area contributed by atoms with Gasteiger partial charge in [0.15, 0.2) is 0 Å². The zero-order valence-corrected chi connectivity index (χ0v) is 11.8. The number of rotatable bonds is 1. The molecule has 3 rings (SSSR count). The first-order valence-corrected chi connectivity index (χ1v) is 7.22. The Kier molecular flexibility index (Phi) is 3.17. The van der Waals surface area contributed by atoms with Crippen LogP contribution in [0.1, 0.15) is 25.7 Å². The van der Waals surface area contributed by atoms with Gasteiger partial charge in [-0.1, -0.05) is 12.8 Å². The van der Waals surface area contributed by atoms with Gasteiger partial charge in [0.25, 0.3) is 0 Å². The molecule has 0 spiro atoms. The van der Waals surface area contributed by atoms with E-state index < -0.39 is 5.82 Å². The van der Waals surface area contributed by atoms with Crippen molar-refractivity contribution < 1.29 is 14.0 Å². The normalized spacial score (nSPS) is 26.7. The largest absolute Gasteiger partial charge is 0.274 e. The molecule has 2 aliphatic rings. The predicted octanol–water partition coefficient (Wildman–Crippen LogP) is 3.27. The number of carbonyl (C=O) groups is 2. The predicted molar refractivity (Wildman–Crippen MR) is 72.0 cm³/mol. The topological polar surface area (TPSA) is 37.4 Å². The number of benzene rings is 1. The van der Waals surface area contributed by atoms with E-state index in [0.29, 0.717) is 10.2 Å². The highest BCUT2D eigenvalue weighted by Crippen LogP contribution is 2.41. The number of anilines is 1. The molecule has 2 fully saturated rings. The lowest BCUT2D eigenvalue weighted by atomic mass is 9.81. The molecule has 5 heteroatoms. The molecule has 1 aromatic carbocycles. The summed E-state index contributed by atoms with van der Waals surface area (Å²) in [6.07, 6.45) is 3.56. The van der Waals surface area contributed by atoms with Gasteiger partial charge in [0.05, 0.1) is 17.5 Å². The van der Waals surface area contributed by atoms with Gasteiger partial charge in [0, 0.05) is 4.47 Å². The minimum absolute atomic E-state index is 0.137. The second-order valence-corrected chi connectivity index (χ2v) is 5.96. The van der Waals surface area contributed by atoms with Crippen LogP contribution in [0, 0.1) is 17.7 Å². The first-order valence-electron chi connectivity index (χ1n) is 6.42. The molecule has 1 aliphatic carbocycles. The Balaban J connectivity index is 2.00. The van der Waals surface area contributed by atoms with E-state index in [2.05, 4.69) is 15.9 Å². The van der Waals surface area contributed by atoms with Gasteiger partial charge in [-0.3, -0.25) is 9.59 Å². The molecule has 19 heavy (non-hydrogen) atoms. The fraction of sp³-hybridized carbons (Fsp3) is 0.429. The van der Waals surface area contributed by atoms with E-state index in [-0.39, 0.29) is 23.7 Å². The Morgan fingerprint density at radius 2 is 1.68 bits per heavy atom. The number of imide groups is 1. The van der Waals surface area contributed by atoms with Crippen LogP contribution in [0.15, 0.2) is 22.7 Å². The molecule has 2 amide bonds. The highest BCUT2D eigenvalue weighted by atomic mass is 79.9. The van der Waals surface area contributed by atoms with Crippen molar-refractivity contribution in [2.24, 2.45) is 11.8 Å². The van der Waals surface area contributed by atoms with Crippen LogP contribution in [-0.4, -0.2) is 11.8 Å². The third-order valence-corrected chi connectivity index (χ3v) is 4.63. The lowest BCUT2D eigenvalue weighted by Crippen LogP contribution is -2.31. The maximum Gasteiger partial charge on any atom is 0.237 e. The second-order valence-electron chi connectivity index (χ2n) is 5.11. The highest BCUT2D eigenvalue weighted by Gasteiger charge is 2.49. The average molecular weight is 326 g/mol.